The van der Waals surface area contributed by atoms with Gasteiger partial charge in [0.25, 0.3) is 5.69 Å². The summed E-state index contributed by atoms with van der Waals surface area (Å²) in [4.78, 5) is 39.6. The van der Waals surface area contributed by atoms with Crippen LogP contribution in [0.1, 0.15) is 31.3 Å². The van der Waals surface area contributed by atoms with Gasteiger partial charge in [0.2, 0.25) is 5.78 Å². The van der Waals surface area contributed by atoms with E-state index in [2.05, 4.69) is 4.98 Å². The molecule has 0 fully saturated rings. The number of thiazole rings is 1. The number of aryl methyl sites for hydroxylation is 2. The van der Waals surface area contributed by atoms with E-state index in [1.54, 1.807) is 26.0 Å². The highest BCUT2D eigenvalue weighted by Crippen LogP contribution is 2.28. The van der Waals surface area contributed by atoms with Crippen molar-refractivity contribution in [1.82, 2.24) is 4.98 Å². The van der Waals surface area contributed by atoms with Crippen LogP contribution in [0.15, 0.2) is 42.5 Å². The summed E-state index contributed by atoms with van der Waals surface area (Å²) in [5.74, 6) is -1.65. The molecule has 0 unspecified atom stereocenters. The summed E-state index contributed by atoms with van der Waals surface area (Å²) in [5, 5.41) is 11.5. The number of rotatable bonds is 6. The predicted molar refractivity (Wildman–Crippen MR) is 105 cm³/mol. The number of nitro benzene ring substituents is 1. The number of ether oxygens (including phenoxy) is 1. The molecule has 0 aliphatic carbocycles. The quantitative estimate of drug-likeness (QED) is 0.255. The first-order valence-electron chi connectivity index (χ1n) is 8.45. The fourth-order valence-electron chi connectivity index (χ4n) is 2.56. The van der Waals surface area contributed by atoms with E-state index in [0.717, 1.165) is 17.4 Å². The lowest BCUT2D eigenvalue weighted by Crippen LogP contribution is -2.14. The molecule has 1 aromatic heterocycles. The first-order chi connectivity index (χ1) is 13.8. The van der Waals surface area contributed by atoms with Gasteiger partial charge in [0.1, 0.15) is 15.7 Å². The molecule has 0 bridgehead atoms. The molecule has 0 spiro atoms. The minimum atomic E-state index is -0.719. The van der Waals surface area contributed by atoms with Gasteiger partial charge in [0.15, 0.2) is 6.61 Å². The molecule has 0 saturated heterocycles. The molecule has 3 rings (SSSR count). The van der Waals surface area contributed by atoms with E-state index in [9.17, 15) is 24.1 Å². The maximum absolute atomic E-state index is 13.1. The van der Waals surface area contributed by atoms with Crippen LogP contribution in [-0.4, -0.2) is 28.3 Å². The molecule has 3 aromatic rings. The molecular formula is C20H15FN2O5S. The van der Waals surface area contributed by atoms with Crippen LogP contribution >= 0.6 is 11.3 Å². The maximum atomic E-state index is 13.1. The van der Waals surface area contributed by atoms with Crippen molar-refractivity contribution in [2.75, 3.05) is 6.61 Å². The summed E-state index contributed by atoms with van der Waals surface area (Å²) in [6.07, 6.45) is 0. The van der Waals surface area contributed by atoms with Gasteiger partial charge in [-0.3, -0.25) is 14.9 Å². The van der Waals surface area contributed by atoms with Crippen molar-refractivity contribution in [3.63, 3.8) is 0 Å². The van der Waals surface area contributed by atoms with Crippen LogP contribution in [0.2, 0.25) is 0 Å². The molecule has 148 valence electrons. The van der Waals surface area contributed by atoms with Crippen molar-refractivity contribution in [3.05, 3.63) is 80.1 Å². The SMILES string of the molecule is Cc1ccc(C(=O)COC(=O)c2sc(-c3ccc(F)cc3)nc2C)cc1[N+](=O)[O-]. The molecule has 0 radical (unpaired) electrons. The summed E-state index contributed by atoms with van der Waals surface area (Å²) in [5.41, 5.74) is 1.42. The zero-order valence-electron chi connectivity index (χ0n) is 15.5. The molecule has 2 aromatic carbocycles. The number of ketones is 1. The van der Waals surface area contributed by atoms with Gasteiger partial charge in [-0.05, 0) is 38.1 Å². The lowest BCUT2D eigenvalue weighted by molar-refractivity contribution is -0.385. The number of aromatic nitrogens is 1. The third-order valence-electron chi connectivity index (χ3n) is 4.14. The lowest BCUT2D eigenvalue weighted by Gasteiger charge is -2.04. The van der Waals surface area contributed by atoms with Gasteiger partial charge in [-0.2, -0.15) is 0 Å². The van der Waals surface area contributed by atoms with Crippen LogP contribution in [0.5, 0.6) is 0 Å². The smallest absolute Gasteiger partial charge is 0.350 e. The molecule has 0 atom stereocenters. The van der Waals surface area contributed by atoms with Crippen LogP contribution in [-0.2, 0) is 4.74 Å². The second kappa shape index (κ2) is 8.27. The molecule has 0 amide bonds. The minimum Gasteiger partial charge on any atom is -0.453 e. The number of benzene rings is 2. The molecule has 0 N–H and O–H groups in total. The average Bonchev–Trinajstić information content (AvgIpc) is 3.08. The summed E-state index contributed by atoms with van der Waals surface area (Å²) in [6, 6.07) is 9.77. The molecular weight excluding hydrogens is 399 g/mol. The van der Waals surface area contributed by atoms with Crippen LogP contribution in [0.3, 0.4) is 0 Å². The average molecular weight is 414 g/mol. The summed E-state index contributed by atoms with van der Waals surface area (Å²) in [6.45, 7) is 2.64. The van der Waals surface area contributed by atoms with E-state index < -0.39 is 23.3 Å². The Labute approximate surface area is 168 Å². The number of carbonyl (C=O) groups excluding carboxylic acids is 2. The number of Topliss-reactive ketones (excluding diaryl/α,β-unsaturated/α-hetero) is 1. The number of nitrogens with zero attached hydrogens (tertiary/aromatic N) is 2. The topological polar surface area (TPSA) is 99.4 Å². The highest BCUT2D eigenvalue weighted by molar-refractivity contribution is 7.17. The Bertz CT molecular complexity index is 1110. The summed E-state index contributed by atoms with van der Waals surface area (Å²) in [7, 11) is 0. The Balaban J connectivity index is 1.71. The molecule has 9 heteroatoms. The zero-order chi connectivity index (χ0) is 21.1. The largest absolute Gasteiger partial charge is 0.453 e. The van der Waals surface area contributed by atoms with Crippen molar-refractivity contribution in [1.29, 1.82) is 0 Å². The van der Waals surface area contributed by atoms with Crippen molar-refractivity contribution < 1.29 is 23.6 Å². The van der Waals surface area contributed by atoms with E-state index in [4.69, 9.17) is 4.74 Å². The normalized spacial score (nSPS) is 10.6. The van der Waals surface area contributed by atoms with Gasteiger partial charge in [-0.25, -0.2) is 14.2 Å². The third kappa shape index (κ3) is 4.52. The first-order valence-corrected chi connectivity index (χ1v) is 9.26. The molecule has 0 saturated carbocycles. The van der Waals surface area contributed by atoms with Crippen LogP contribution in [0, 0.1) is 29.8 Å². The van der Waals surface area contributed by atoms with Crippen molar-refractivity contribution in [2.24, 2.45) is 0 Å². The first kappa shape index (κ1) is 20.3. The summed E-state index contributed by atoms with van der Waals surface area (Å²) >= 11 is 1.07. The Morgan fingerprint density at radius 3 is 2.52 bits per heavy atom. The summed E-state index contributed by atoms with van der Waals surface area (Å²) < 4.78 is 18.1. The van der Waals surface area contributed by atoms with Gasteiger partial charge < -0.3 is 4.74 Å². The highest BCUT2D eigenvalue weighted by Gasteiger charge is 2.20. The third-order valence-corrected chi connectivity index (χ3v) is 5.32. The predicted octanol–water partition coefficient (Wildman–Crippen LogP) is 4.51. The molecule has 0 aliphatic rings. The van der Waals surface area contributed by atoms with E-state index in [1.807, 2.05) is 0 Å². The Kier molecular flexibility index (Phi) is 5.79. The van der Waals surface area contributed by atoms with Gasteiger partial charge in [0, 0.05) is 22.8 Å². The maximum Gasteiger partial charge on any atom is 0.350 e. The van der Waals surface area contributed by atoms with Crippen molar-refractivity contribution in [2.45, 2.75) is 13.8 Å². The number of carbonyl (C=O) groups is 2. The standard InChI is InChI=1S/C20H15FN2O5S/c1-11-3-4-14(9-16(11)23(26)27)17(24)10-28-20(25)18-12(2)22-19(29-18)13-5-7-15(21)8-6-13/h3-9H,10H2,1-2H3. The minimum absolute atomic E-state index is 0.0862. The fraction of sp³-hybridized carbons (Fsp3) is 0.150. The number of esters is 1. The van der Waals surface area contributed by atoms with Crippen molar-refractivity contribution in [3.8, 4) is 10.6 Å². The molecule has 29 heavy (non-hydrogen) atoms. The van der Waals surface area contributed by atoms with E-state index in [0.29, 0.717) is 21.8 Å². The fourth-order valence-corrected chi connectivity index (χ4v) is 3.53. The van der Waals surface area contributed by atoms with Crippen LogP contribution in [0.25, 0.3) is 10.6 Å². The second-order valence-electron chi connectivity index (χ2n) is 6.20. The van der Waals surface area contributed by atoms with Gasteiger partial charge in [0.05, 0.1) is 10.6 Å². The number of nitro groups is 1. The number of halogens is 1. The molecule has 1 heterocycles. The Morgan fingerprint density at radius 2 is 1.86 bits per heavy atom. The zero-order valence-corrected chi connectivity index (χ0v) is 16.3. The highest BCUT2D eigenvalue weighted by atomic mass is 32.1. The Morgan fingerprint density at radius 1 is 1.17 bits per heavy atom. The number of hydrogen-bond donors (Lipinski definition) is 0. The Hall–Kier alpha value is -3.46. The molecule has 7 nitrogen and oxygen atoms in total. The van der Waals surface area contributed by atoms with Gasteiger partial charge in [-0.15, -0.1) is 11.3 Å². The van der Waals surface area contributed by atoms with E-state index in [1.165, 1.54) is 24.3 Å². The van der Waals surface area contributed by atoms with Crippen LogP contribution in [0.4, 0.5) is 10.1 Å². The van der Waals surface area contributed by atoms with Crippen LogP contribution < -0.4 is 0 Å². The van der Waals surface area contributed by atoms with E-state index >= 15 is 0 Å². The lowest BCUT2D eigenvalue weighted by atomic mass is 10.1. The van der Waals surface area contributed by atoms with Crippen molar-refractivity contribution >= 4 is 28.8 Å². The molecule has 0 aliphatic heterocycles. The van der Waals surface area contributed by atoms with Gasteiger partial charge >= 0.3 is 5.97 Å². The monoisotopic (exact) mass is 414 g/mol. The number of hydrogen-bond acceptors (Lipinski definition) is 7. The van der Waals surface area contributed by atoms with E-state index in [-0.39, 0.29) is 21.9 Å². The van der Waals surface area contributed by atoms with Gasteiger partial charge in [-0.1, -0.05) is 12.1 Å². The second-order valence-corrected chi connectivity index (χ2v) is 7.20.